The second-order valence-electron chi connectivity index (χ2n) is 4.32. The van der Waals surface area contributed by atoms with Gasteiger partial charge in [0.1, 0.15) is 0 Å². The zero-order chi connectivity index (χ0) is 8.55. The molecule has 0 radical (unpaired) electrons. The summed E-state index contributed by atoms with van der Waals surface area (Å²) in [7, 11) is 0. The topological polar surface area (TPSA) is 12.5 Å². The first kappa shape index (κ1) is 8.52. The van der Waals surface area contributed by atoms with E-state index in [1.54, 1.807) is 0 Å². The Bertz CT molecular complexity index is 160. The molecule has 12 heavy (non-hydrogen) atoms. The number of hydrogen-bond donors (Lipinski definition) is 0. The summed E-state index contributed by atoms with van der Waals surface area (Å²) in [5, 5.41) is 0. The van der Waals surface area contributed by atoms with E-state index in [1.165, 1.54) is 25.9 Å². The SMILES string of the molecule is CC1CCN(C2CCOC2C)C1. The first-order chi connectivity index (χ1) is 5.77. The minimum absolute atomic E-state index is 0.468. The van der Waals surface area contributed by atoms with Gasteiger partial charge in [-0.25, -0.2) is 0 Å². The summed E-state index contributed by atoms with van der Waals surface area (Å²) in [5.74, 6) is 0.901. The summed E-state index contributed by atoms with van der Waals surface area (Å²) in [5.41, 5.74) is 0. The van der Waals surface area contributed by atoms with Crippen molar-refractivity contribution in [2.45, 2.75) is 38.8 Å². The van der Waals surface area contributed by atoms with Crippen molar-refractivity contribution in [2.75, 3.05) is 19.7 Å². The fourth-order valence-corrected chi connectivity index (χ4v) is 2.47. The van der Waals surface area contributed by atoms with Gasteiger partial charge in [-0.1, -0.05) is 6.92 Å². The van der Waals surface area contributed by atoms with Gasteiger partial charge in [-0.05, 0) is 32.2 Å². The molecule has 0 bridgehead atoms. The van der Waals surface area contributed by atoms with Crippen molar-refractivity contribution in [1.82, 2.24) is 4.90 Å². The van der Waals surface area contributed by atoms with Crippen LogP contribution in [0.15, 0.2) is 0 Å². The lowest BCUT2D eigenvalue weighted by atomic mass is 10.1. The maximum absolute atomic E-state index is 5.57. The zero-order valence-corrected chi connectivity index (χ0v) is 8.12. The van der Waals surface area contributed by atoms with Gasteiger partial charge in [0.05, 0.1) is 6.10 Å². The monoisotopic (exact) mass is 169 g/mol. The van der Waals surface area contributed by atoms with E-state index in [0.29, 0.717) is 6.10 Å². The zero-order valence-electron chi connectivity index (χ0n) is 8.12. The van der Waals surface area contributed by atoms with E-state index in [1.807, 2.05) is 0 Å². The summed E-state index contributed by atoms with van der Waals surface area (Å²) in [6.45, 7) is 8.11. The maximum atomic E-state index is 5.57. The Kier molecular flexibility index (Phi) is 2.37. The molecule has 2 heteroatoms. The van der Waals surface area contributed by atoms with Crippen molar-refractivity contribution in [3.8, 4) is 0 Å². The second-order valence-corrected chi connectivity index (χ2v) is 4.32. The summed E-state index contributed by atoms with van der Waals surface area (Å²) in [6, 6.07) is 0.718. The molecule has 0 saturated carbocycles. The summed E-state index contributed by atoms with van der Waals surface area (Å²) >= 11 is 0. The van der Waals surface area contributed by atoms with Crippen LogP contribution < -0.4 is 0 Å². The van der Waals surface area contributed by atoms with Crippen LogP contribution in [0.3, 0.4) is 0 Å². The number of nitrogens with zero attached hydrogens (tertiary/aromatic N) is 1. The molecule has 0 N–H and O–H groups in total. The number of hydrogen-bond acceptors (Lipinski definition) is 2. The Morgan fingerprint density at radius 2 is 2.08 bits per heavy atom. The van der Waals surface area contributed by atoms with Crippen LogP contribution in [0.4, 0.5) is 0 Å². The van der Waals surface area contributed by atoms with Gasteiger partial charge in [-0.3, -0.25) is 4.90 Å². The molecule has 0 aromatic carbocycles. The molecule has 2 nitrogen and oxygen atoms in total. The maximum Gasteiger partial charge on any atom is 0.0703 e. The fourth-order valence-electron chi connectivity index (χ4n) is 2.47. The van der Waals surface area contributed by atoms with Crippen LogP contribution in [0.2, 0.25) is 0 Å². The molecule has 0 spiro atoms. The highest BCUT2D eigenvalue weighted by Gasteiger charge is 2.33. The van der Waals surface area contributed by atoms with Gasteiger partial charge in [0, 0.05) is 19.2 Å². The van der Waals surface area contributed by atoms with E-state index in [9.17, 15) is 0 Å². The van der Waals surface area contributed by atoms with Crippen LogP contribution in [0, 0.1) is 5.92 Å². The molecule has 2 aliphatic rings. The van der Waals surface area contributed by atoms with Crippen LogP contribution in [0.25, 0.3) is 0 Å². The molecule has 3 unspecified atom stereocenters. The minimum atomic E-state index is 0.468. The molecule has 2 aliphatic heterocycles. The van der Waals surface area contributed by atoms with Crippen molar-refractivity contribution in [2.24, 2.45) is 5.92 Å². The number of rotatable bonds is 1. The van der Waals surface area contributed by atoms with Crippen LogP contribution >= 0.6 is 0 Å². The lowest BCUT2D eigenvalue weighted by Crippen LogP contribution is -2.37. The third-order valence-electron chi connectivity index (χ3n) is 3.26. The predicted molar refractivity (Wildman–Crippen MR) is 49.2 cm³/mol. The van der Waals surface area contributed by atoms with Crippen LogP contribution in [-0.4, -0.2) is 36.7 Å². The highest BCUT2D eigenvalue weighted by molar-refractivity contribution is 4.86. The standard InChI is InChI=1S/C10H19NO/c1-8-3-5-11(7-8)10-4-6-12-9(10)2/h8-10H,3-7H2,1-2H3. The van der Waals surface area contributed by atoms with E-state index in [-0.39, 0.29) is 0 Å². The quantitative estimate of drug-likeness (QED) is 0.590. The molecule has 2 fully saturated rings. The highest BCUT2D eigenvalue weighted by Crippen LogP contribution is 2.25. The normalized spacial score (nSPS) is 44.0. The van der Waals surface area contributed by atoms with Gasteiger partial charge in [-0.2, -0.15) is 0 Å². The van der Waals surface area contributed by atoms with Gasteiger partial charge in [-0.15, -0.1) is 0 Å². The van der Waals surface area contributed by atoms with E-state index < -0.39 is 0 Å². The third-order valence-corrected chi connectivity index (χ3v) is 3.26. The predicted octanol–water partition coefficient (Wildman–Crippen LogP) is 1.51. The van der Waals surface area contributed by atoms with Gasteiger partial charge >= 0.3 is 0 Å². The van der Waals surface area contributed by atoms with Crippen molar-refractivity contribution in [1.29, 1.82) is 0 Å². The summed E-state index contributed by atoms with van der Waals surface area (Å²) < 4.78 is 5.57. The van der Waals surface area contributed by atoms with Crippen molar-refractivity contribution in [3.63, 3.8) is 0 Å². The Labute approximate surface area is 74.9 Å². The van der Waals surface area contributed by atoms with Crippen molar-refractivity contribution < 1.29 is 4.74 Å². The third kappa shape index (κ3) is 1.50. The van der Waals surface area contributed by atoms with Crippen molar-refractivity contribution in [3.05, 3.63) is 0 Å². The number of likely N-dealkylation sites (tertiary alicyclic amines) is 1. The minimum Gasteiger partial charge on any atom is -0.377 e. The van der Waals surface area contributed by atoms with Gasteiger partial charge in [0.2, 0.25) is 0 Å². The molecule has 0 aromatic heterocycles. The molecular weight excluding hydrogens is 150 g/mol. The lowest BCUT2D eigenvalue weighted by Gasteiger charge is -2.25. The average Bonchev–Trinajstić information content (AvgIpc) is 2.58. The molecule has 2 rings (SSSR count). The van der Waals surface area contributed by atoms with Gasteiger partial charge in [0.15, 0.2) is 0 Å². The molecule has 0 amide bonds. The molecule has 0 aromatic rings. The molecular formula is C10H19NO. The molecule has 2 saturated heterocycles. The molecule has 0 aliphatic carbocycles. The van der Waals surface area contributed by atoms with Crippen LogP contribution in [-0.2, 0) is 4.74 Å². The second kappa shape index (κ2) is 3.35. The molecule has 3 atom stereocenters. The average molecular weight is 169 g/mol. The first-order valence-corrected chi connectivity index (χ1v) is 5.13. The first-order valence-electron chi connectivity index (χ1n) is 5.13. The van der Waals surface area contributed by atoms with Crippen LogP contribution in [0.1, 0.15) is 26.7 Å². The Morgan fingerprint density at radius 1 is 1.25 bits per heavy atom. The van der Waals surface area contributed by atoms with E-state index in [2.05, 4.69) is 18.7 Å². The Balaban J connectivity index is 1.91. The highest BCUT2D eigenvalue weighted by atomic mass is 16.5. The lowest BCUT2D eigenvalue weighted by molar-refractivity contribution is 0.0820. The van der Waals surface area contributed by atoms with Gasteiger partial charge < -0.3 is 4.74 Å². The van der Waals surface area contributed by atoms with E-state index in [0.717, 1.165) is 18.6 Å². The molecule has 70 valence electrons. The number of ether oxygens (including phenoxy) is 1. The van der Waals surface area contributed by atoms with Gasteiger partial charge in [0.25, 0.3) is 0 Å². The summed E-state index contributed by atoms with van der Waals surface area (Å²) in [6.07, 6.45) is 3.09. The smallest absolute Gasteiger partial charge is 0.0703 e. The summed E-state index contributed by atoms with van der Waals surface area (Å²) in [4.78, 5) is 2.61. The van der Waals surface area contributed by atoms with Crippen molar-refractivity contribution >= 4 is 0 Å². The van der Waals surface area contributed by atoms with E-state index in [4.69, 9.17) is 4.74 Å². The fraction of sp³-hybridized carbons (Fsp3) is 1.00. The Morgan fingerprint density at radius 3 is 2.58 bits per heavy atom. The van der Waals surface area contributed by atoms with Crippen LogP contribution in [0.5, 0.6) is 0 Å². The Hall–Kier alpha value is -0.0800. The largest absolute Gasteiger partial charge is 0.377 e. The van der Waals surface area contributed by atoms with E-state index >= 15 is 0 Å². The molecule has 2 heterocycles.